The third kappa shape index (κ3) is 7.43. The molecule has 1 aliphatic rings. The molecule has 2 nitrogen and oxygen atoms in total. The van der Waals surface area contributed by atoms with Crippen molar-refractivity contribution in [3.8, 4) is 11.3 Å². The highest BCUT2D eigenvalue weighted by Gasteiger charge is 2.29. The van der Waals surface area contributed by atoms with Gasteiger partial charge in [-0.25, -0.2) is 0 Å². The Bertz CT molecular complexity index is 2370. The number of nitrogens with zero attached hydrogens (tertiary/aromatic N) is 1. The SMILES string of the molecule is CCCCC1C=CC(c2c(C)cc(C)cc2C)=CC1c1ccccc1CCc1ccc2c(oc3cc(C)ccc32)c1-c1cc(C(C)(C)C)c(C)c[n+]1I. The molecule has 0 fully saturated rings. The Morgan fingerprint density at radius 2 is 1.47 bits per heavy atom. The van der Waals surface area contributed by atoms with Crippen molar-refractivity contribution in [1.29, 1.82) is 0 Å². The van der Waals surface area contributed by atoms with Crippen molar-refractivity contribution in [2.24, 2.45) is 5.92 Å². The number of pyridine rings is 1. The number of aromatic nitrogens is 1. The van der Waals surface area contributed by atoms with Gasteiger partial charge in [0.2, 0.25) is 5.69 Å². The van der Waals surface area contributed by atoms with Crippen LogP contribution in [0.25, 0.3) is 38.8 Å². The number of allylic oxidation sites excluding steroid dienone is 4. The summed E-state index contributed by atoms with van der Waals surface area (Å²) in [5.41, 5.74) is 19.3. The minimum absolute atomic E-state index is 0.0203. The summed E-state index contributed by atoms with van der Waals surface area (Å²) in [5, 5.41) is 2.36. The van der Waals surface area contributed by atoms with E-state index in [2.05, 4.69) is 185 Å². The van der Waals surface area contributed by atoms with Crippen molar-refractivity contribution in [1.82, 2.24) is 0 Å². The van der Waals surface area contributed by atoms with Crippen molar-refractivity contribution in [2.45, 2.75) is 106 Å². The van der Waals surface area contributed by atoms with Gasteiger partial charge in [-0.2, -0.15) is 0 Å². The molecule has 0 saturated carbocycles. The second kappa shape index (κ2) is 15.1. The minimum Gasteiger partial charge on any atom is -0.455 e. The van der Waals surface area contributed by atoms with Crippen LogP contribution in [-0.4, -0.2) is 0 Å². The number of fused-ring (bicyclic) bond motifs is 3. The first kappa shape index (κ1) is 37.4. The molecule has 4 aromatic carbocycles. The second-order valence-corrected chi connectivity index (χ2v) is 17.7. The number of unbranched alkanes of at least 4 members (excludes halogenated alkanes) is 1. The third-order valence-electron chi connectivity index (χ3n) is 11.5. The first-order valence-corrected chi connectivity index (χ1v) is 20.5. The molecule has 2 atom stereocenters. The Balaban J connectivity index is 1.34. The molecular weight excluding hydrogens is 757 g/mol. The molecule has 2 unspecified atom stereocenters. The molecule has 0 saturated heterocycles. The first-order valence-electron chi connectivity index (χ1n) is 19.6. The molecule has 53 heavy (non-hydrogen) atoms. The van der Waals surface area contributed by atoms with E-state index < -0.39 is 0 Å². The van der Waals surface area contributed by atoms with Crippen LogP contribution >= 0.6 is 22.9 Å². The highest BCUT2D eigenvalue weighted by molar-refractivity contribution is 14.1. The van der Waals surface area contributed by atoms with Crippen molar-refractivity contribution < 1.29 is 7.20 Å². The number of halogens is 1. The smallest absolute Gasteiger partial charge is 0.354 e. The maximum absolute atomic E-state index is 6.84. The van der Waals surface area contributed by atoms with Crippen LogP contribution in [0.3, 0.4) is 0 Å². The molecule has 0 radical (unpaired) electrons. The molecule has 272 valence electrons. The zero-order chi connectivity index (χ0) is 37.6. The van der Waals surface area contributed by atoms with E-state index >= 15 is 0 Å². The Morgan fingerprint density at radius 1 is 0.755 bits per heavy atom. The average molecular weight is 813 g/mol. The molecule has 3 heteroatoms. The van der Waals surface area contributed by atoms with Crippen LogP contribution in [0.5, 0.6) is 0 Å². The molecule has 2 heterocycles. The maximum atomic E-state index is 6.84. The largest absolute Gasteiger partial charge is 0.455 e. The molecule has 0 aliphatic heterocycles. The van der Waals surface area contributed by atoms with Crippen LogP contribution in [0.2, 0.25) is 0 Å². The number of aryl methyl sites for hydroxylation is 7. The summed E-state index contributed by atoms with van der Waals surface area (Å²) in [5.74, 6) is 0.819. The average Bonchev–Trinajstić information content (AvgIpc) is 3.47. The van der Waals surface area contributed by atoms with E-state index in [1.54, 1.807) is 0 Å². The standard InChI is InChI=1S/C50H55INO/c1-10-11-14-37-19-21-39(47-33(4)25-32(3)26-34(47)5)28-43(37)40-16-13-12-15-36(40)18-20-38-22-24-42-41-23-17-31(2)27-46(41)53-49(42)48(38)45-29-44(50(7,8)9)35(6)30-52(45)51/h12-13,15-17,19,21-30,37,43H,10-11,14,18,20H2,1-9H3/q+1. The molecule has 0 N–H and O–H groups in total. The zero-order valence-corrected chi connectivity index (χ0v) is 35.3. The van der Waals surface area contributed by atoms with Crippen LogP contribution in [0.1, 0.15) is 109 Å². The number of rotatable bonds is 9. The van der Waals surface area contributed by atoms with Crippen molar-refractivity contribution in [3.63, 3.8) is 0 Å². The Morgan fingerprint density at radius 3 is 2.21 bits per heavy atom. The maximum Gasteiger partial charge on any atom is 0.354 e. The van der Waals surface area contributed by atoms with Crippen molar-refractivity contribution >= 4 is 50.4 Å². The van der Waals surface area contributed by atoms with E-state index in [1.807, 2.05) is 0 Å². The van der Waals surface area contributed by atoms with Crippen molar-refractivity contribution in [3.05, 3.63) is 153 Å². The zero-order valence-electron chi connectivity index (χ0n) is 33.2. The molecule has 0 bridgehead atoms. The van der Waals surface area contributed by atoms with Crippen LogP contribution in [-0.2, 0) is 18.3 Å². The lowest BCUT2D eigenvalue weighted by Gasteiger charge is -2.29. The highest BCUT2D eigenvalue weighted by Crippen LogP contribution is 2.43. The lowest BCUT2D eigenvalue weighted by atomic mass is 9.75. The lowest BCUT2D eigenvalue weighted by Crippen LogP contribution is -2.27. The van der Waals surface area contributed by atoms with Gasteiger partial charge in [-0.1, -0.05) is 125 Å². The van der Waals surface area contributed by atoms with Gasteiger partial charge in [0.05, 0.1) is 5.56 Å². The van der Waals surface area contributed by atoms with E-state index in [1.165, 1.54) is 102 Å². The fraction of sp³-hybridized carbons (Fsp3) is 0.340. The van der Waals surface area contributed by atoms with Gasteiger partial charge in [0.15, 0.2) is 6.20 Å². The number of hydrogen-bond donors (Lipinski definition) is 0. The van der Waals surface area contributed by atoms with E-state index in [-0.39, 0.29) is 5.41 Å². The number of benzene rings is 4. The van der Waals surface area contributed by atoms with E-state index in [4.69, 9.17) is 4.42 Å². The summed E-state index contributed by atoms with van der Waals surface area (Å²) in [4.78, 5) is 0. The Kier molecular flexibility index (Phi) is 10.6. The van der Waals surface area contributed by atoms with Crippen LogP contribution in [0.4, 0.5) is 0 Å². The molecule has 0 amide bonds. The molecular formula is C50H55INO+. The van der Waals surface area contributed by atoms with Gasteiger partial charge in [0, 0.05) is 28.3 Å². The second-order valence-electron chi connectivity index (χ2n) is 16.7. The van der Waals surface area contributed by atoms with Gasteiger partial charge in [-0.05, 0) is 121 Å². The highest BCUT2D eigenvalue weighted by atomic mass is 127. The topological polar surface area (TPSA) is 17.0 Å². The summed E-state index contributed by atoms with van der Waals surface area (Å²) >= 11 is 2.47. The Labute approximate surface area is 331 Å². The third-order valence-corrected chi connectivity index (χ3v) is 12.3. The normalized spacial score (nSPS) is 16.2. The molecule has 6 aromatic rings. The predicted octanol–water partition coefficient (Wildman–Crippen LogP) is 13.9. The molecule has 2 aromatic heterocycles. The van der Waals surface area contributed by atoms with Gasteiger partial charge in [0.25, 0.3) is 0 Å². The summed E-state index contributed by atoms with van der Waals surface area (Å²) in [7, 11) is 0. The summed E-state index contributed by atoms with van der Waals surface area (Å²) in [6.45, 7) is 20.4. The van der Waals surface area contributed by atoms with Crippen LogP contribution in [0, 0.1) is 40.5 Å². The monoisotopic (exact) mass is 812 g/mol. The van der Waals surface area contributed by atoms with E-state index in [9.17, 15) is 0 Å². The predicted molar refractivity (Wildman–Crippen MR) is 234 cm³/mol. The first-order chi connectivity index (χ1) is 25.3. The summed E-state index contributed by atoms with van der Waals surface area (Å²) in [6.07, 6.45) is 15.3. The fourth-order valence-electron chi connectivity index (χ4n) is 9.00. The van der Waals surface area contributed by atoms with Gasteiger partial charge in [-0.15, -0.1) is 2.78 Å². The van der Waals surface area contributed by atoms with Crippen LogP contribution in [0.15, 0.2) is 102 Å². The lowest BCUT2D eigenvalue weighted by molar-refractivity contribution is -0.427. The number of hydrogen-bond acceptors (Lipinski definition) is 1. The quantitative estimate of drug-likeness (QED) is 0.133. The van der Waals surface area contributed by atoms with E-state index in [0.29, 0.717) is 11.8 Å². The minimum atomic E-state index is 0.0203. The molecule has 7 rings (SSSR count). The summed E-state index contributed by atoms with van der Waals surface area (Å²) in [6, 6.07) is 27.6. The van der Waals surface area contributed by atoms with E-state index in [0.717, 1.165) is 24.0 Å². The molecule has 0 spiro atoms. The fourth-order valence-corrected chi connectivity index (χ4v) is 9.80. The Hall–Kier alpha value is -3.96. The molecule has 1 aliphatic carbocycles. The van der Waals surface area contributed by atoms with Gasteiger partial charge in [-0.3, -0.25) is 0 Å². The van der Waals surface area contributed by atoms with Gasteiger partial charge < -0.3 is 4.42 Å². The van der Waals surface area contributed by atoms with Gasteiger partial charge >= 0.3 is 22.9 Å². The number of furan rings is 1. The van der Waals surface area contributed by atoms with Crippen molar-refractivity contribution in [2.75, 3.05) is 0 Å². The van der Waals surface area contributed by atoms with Crippen LogP contribution < -0.4 is 2.78 Å². The van der Waals surface area contributed by atoms with Gasteiger partial charge in [0.1, 0.15) is 11.2 Å². The summed E-state index contributed by atoms with van der Waals surface area (Å²) < 4.78 is 9.12.